The van der Waals surface area contributed by atoms with Crippen LogP contribution in [-0.4, -0.2) is 39.5 Å². The number of carbonyl (C=O) groups is 1. The first-order chi connectivity index (χ1) is 17.0. The summed E-state index contributed by atoms with van der Waals surface area (Å²) in [7, 11) is -3.43. The zero-order valence-electron chi connectivity index (χ0n) is 19.6. The van der Waals surface area contributed by atoms with Gasteiger partial charge in [-0.2, -0.15) is 0 Å². The molecule has 182 valence electrons. The molecule has 5 nitrogen and oxygen atoms in total. The van der Waals surface area contributed by atoms with Crippen LogP contribution in [0.4, 0.5) is 0 Å². The number of carbonyl (C=O) groups excluding carboxylic acids is 1. The molecule has 1 aliphatic rings. The predicted molar refractivity (Wildman–Crippen MR) is 136 cm³/mol. The van der Waals surface area contributed by atoms with Crippen LogP contribution in [0.1, 0.15) is 35.2 Å². The number of rotatable bonds is 9. The van der Waals surface area contributed by atoms with Gasteiger partial charge in [0.1, 0.15) is 6.10 Å². The molecule has 4 rings (SSSR count). The van der Waals surface area contributed by atoms with Gasteiger partial charge in [0.15, 0.2) is 9.84 Å². The van der Waals surface area contributed by atoms with E-state index in [1.165, 1.54) is 0 Å². The number of ether oxygens (including phenoxy) is 2. The van der Waals surface area contributed by atoms with Crippen molar-refractivity contribution >= 4 is 15.8 Å². The number of benzene rings is 3. The van der Waals surface area contributed by atoms with Crippen LogP contribution in [0.25, 0.3) is 0 Å². The lowest BCUT2D eigenvalue weighted by Crippen LogP contribution is -2.46. The van der Waals surface area contributed by atoms with Crippen LogP contribution in [0.5, 0.6) is 0 Å². The molecule has 1 aliphatic heterocycles. The molecular formula is C29H30O5S. The van der Waals surface area contributed by atoms with Gasteiger partial charge in [-0.05, 0) is 42.7 Å². The fourth-order valence-electron chi connectivity index (χ4n) is 4.60. The van der Waals surface area contributed by atoms with Crippen LogP contribution in [0.3, 0.4) is 0 Å². The summed E-state index contributed by atoms with van der Waals surface area (Å²) in [6.07, 6.45) is 4.82. The van der Waals surface area contributed by atoms with Crippen molar-refractivity contribution in [2.45, 2.75) is 35.7 Å². The maximum Gasteiger partial charge on any atom is 0.338 e. The third-order valence-corrected chi connectivity index (χ3v) is 8.17. The highest BCUT2D eigenvalue weighted by Crippen LogP contribution is 2.41. The Morgan fingerprint density at radius 3 is 2.06 bits per heavy atom. The summed E-state index contributed by atoms with van der Waals surface area (Å²) < 4.78 is 37.2. The molecule has 6 heteroatoms. The van der Waals surface area contributed by atoms with Gasteiger partial charge < -0.3 is 9.47 Å². The zero-order valence-corrected chi connectivity index (χ0v) is 20.4. The van der Waals surface area contributed by atoms with Gasteiger partial charge in [0.2, 0.25) is 0 Å². The highest BCUT2D eigenvalue weighted by Gasteiger charge is 2.43. The van der Waals surface area contributed by atoms with Crippen molar-refractivity contribution in [2.24, 2.45) is 0 Å². The number of hydrogen-bond acceptors (Lipinski definition) is 5. The van der Waals surface area contributed by atoms with E-state index in [2.05, 4.69) is 12.1 Å². The van der Waals surface area contributed by atoms with Gasteiger partial charge in [0.25, 0.3) is 0 Å². The van der Waals surface area contributed by atoms with Crippen LogP contribution in [-0.2, 0) is 24.7 Å². The van der Waals surface area contributed by atoms with E-state index in [1.54, 1.807) is 60.7 Å². The lowest BCUT2D eigenvalue weighted by atomic mass is 9.69. The predicted octanol–water partition coefficient (Wildman–Crippen LogP) is 5.38. The highest BCUT2D eigenvalue weighted by molar-refractivity contribution is 7.91. The second kappa shape index (κ2) is 11.5. The van der Waals surface area contributed by atoms with Crippen molar-refractivity contribution < 1.29 is 22.7 Å². The molecule has 1 saturated heterocycles. The summed E-state index contributed by atoms with van der Waals surface area (Å²) in [6, 6.07) is 27.4. The fourth-order valence-corrected chi connectivity index (χ4v) is 5.75. The fraction of sp³-hybridized carbons (Fsp3) is 0.276. The van der Waals surface area contributed by atoms with Gasteiger partial charge in [0.05, 0.1) is 16.2 Å². The molecule has 3 aromatic carbocycles. The summed E-state index contributed by atoms with van der Waals surface area (Å²) in [5.41, 5.74) is 1.16. The van der Waals surface area contributed by atoms with E-state index in [4.69, 9.17) is 9.47 Å². The first-order valence-corrected chi connectivity index (χ1v) is 13.5. The first kappa shape index (κ1) is 24.9. The normalized spacial score (nSPS) is 16.6. The van der Waals surface area contributed by atoms with Crippen LogP contribution in [0.2, 0.25) is 0 Å². The van der Waals surface area contributed by atoms with E-state index in [0.29, 0.717) is 42.9 Å². The Labute approximate surface area is 207 Å². The maximum atomic E-state index is 13.1. The summed E-state index contributed by atoms with van der Waals surface area (Å²) in [4.78, 5) is 13.4. The molecule has 0 N–H and O–H groups in total. The summed E-state index contributed by atoms with van der Waals surface area (Å²) in [5.74, 6) is -0.500. The van der Waals surface area contributed by atoms with E-state index < -0.39 is 21.4 Å². The first-order valence-electron chi connectivity index (χ1n) is 11.8. The van der Waals surface area contributed by atoms with Crippen LogP contribution in [0, 0.1) is 0 Å². The number of hydrogen-bond donors (Lipinski definition) is 0. The molecule has 35 heavy (non-hydrogen) atoms. The van der Waals surface area contributed by atoms with Crippen molar-refractivity contribution in [3.8, 4) is 0 Å². The topological polar surface area (TPSA) is 69.7 Å². The molecule has 0 saturated carbocycles. The number of sulfone groups is 1. The van der Waals surface area contributed by atoms with Crippen LogP contribution in [0.15, 0.2) is 108 Å². The molecule has 0 radical (unpaired) electrons. The largest absolute Gasteiger partial charge is 0.457 e. The quantitative estimate of drug-likeness (QED) is 0.298. The summed E-state index contributed by atoms with van der Waals surface area (Å²) in [5, 5.41) is 0. The monoisotopic (exact) mass is 490 g/mol. The number of esters is 1. The van der Waals surface area contributed by atoms with Crippen LogP contribution >= 0.6 is 0 Å². The second-order valence-electron chi connectivity index (χ2n) is 8.70. The lowest BCUT2D eigenvalue weighted by Gasteiger charge is -2.43. The SMILES string of the molecule is O=C(OC(C/C=C/CS(=O)(=O)c1ccccc1)C1(c2ccccc2)CCOCC1)c1ccccc1. The second-order valence-corrected chi connectivity index (χ2v) is 10.7. The van der Waals surface area contributed by atoms with Crippen molar-refractivity contribution in [3.05, 3.63) is 114 Å². The van der Waals surface area contributed by atoms with Crippen molar-refractivity contribution in [2.75, 3.05) is 19.0 Å². The lowest BCUT2D eigenvalue weighted by molar-refractivity contribution is -0.0345. The molecule has 0 spiro atoms. The average Bonchev–Trinajstić information content (AvgIpc) is 2.92. The molecule has 1 atom stereocenters. The van der Waals surface area contributed by atoms with Gasteiger partial charge in [-0.3, -0.25) is 0 Å². The summed E-state index contributed by atoms with van der Waals surface area (Å²) >= 11 is 0. The van der Waals surface area contributed by atoms with E-state index in [9.17, 15) is 13.2 Å². The molecule has 1 heterocycles. The Morgan fingerprint density at radius 2 is 1.43 bits per heavy atom. The van der Waals surface area contributed by atoms with Crippen LogP contribution < -0.4 is 0 Å². The molecule has 3 aromatic rings. The van der Waals surface area contributed by atoms with Crippen molar-refractivity contribution in [1.29, 1.82) is 0 Å². The van der Waals surface area contributed by atoms with E-state index in [-0.39, 0.29) is 11.7 Å². The smallest absolute Gasteiger partial charge is 0.338 e. The minimum atomic E-state index is -3.43. The molecule has 1 unspecified atom stereocenters. The minimum absolute atomic E-state index is 0.113. The van der Waals surface area contributed by atoms with Gasteiger partial charge in [-0.15, -0.1) is 0 Å². The third kappa shape index (κ3) is 6.08. The Hall–Kier alpha value is -3.22. The molecule has 0 aromatic heterocycles. The Bertz CT molecular complexity index is 1220. The van der Waals surface area contributed by atoms with Gasteiger partial charge >= 0.3 is 5.97 Å². The Morgan fingerprint density at radius 1 is 0.857 bits per heavy atom. The molecule has 0 aliphatic carbocycles. The molecule has 1 fully saturated rings. The molecular weight excluding hydrogens is 460 g/mol. The van der Waals surface area contributed by atoms with Gasteiger partial charge in [-0.25, -0.2) is 13.2 Å². The molecule has 0 bridgehead atoms. The van der Waals surface area contributed by atoms with Gasteiger partial charge in [-0.1, -0.05) is 78.9 Å². The summed E-state index contributed by atoms with van der Waals surface area (Å²) in [6.45, 7) is 1.14. The van der Waals surface area contributed by atoms with Gasteiger partial charge in [0, 0.05) is 25.0 Å². The Kier molecular flexibility index (Phi) is 8.16. The van der Waals surface area contributed by atoms with Crippen molar-refractivity contribution in [3.63, 3.8) is 0 Å². The van der Waals surface area contributed by atoms with E-state index in [1.807, 2.05) is 30.3 Å². The minimum Gasteiger partial charge on any atom is -0.457 e. The third-order valence-electron chi connectivity index (χ3n) is 6.54. The maximum absolute atomic E-state index is 13.1. The van der Waals surface area contributed by atoms with E-state index >= 15 is 0 Å². The van der Waals surface area contributed by atoms with Crippen molar-refractivity contribution in [1.82, 2.24) is 0 Å². The molecule has 0 amide bonds. The Balaban J connectivity index is 1.59. The highest BCUT2D eigenvalue weighted by atomic mass is 32.2. The standard InChI is InChI=1S/C29H30O5S/c30-28(24-12-4-1-5-13-24)34-27(18-10-11-23-35(31,32)26-16-8-3-9-17-26)29(19-21-33-22-20-29)25-14-6-2-7-15-25/h1-17,27H,18-23H2/b11-10+. The average molecular weight is 491 g/mol. The zero-order chi connectivity index (χ0) is 24.6. The van der Waals surface area contributed by atoms with E-state index in [0.717, 1.165) is 5.56 Å².